The first-order valence-electron chi connectivity index (χ1n) is 6.46. The van der Waals surface area contributed by atoms with E-state index in [-0.39, 0.29) is 11.9 Å². The van der Waals surface area contributed by atoms with Crippen molar-refractivity contribution in [3.63, 3.8) is 0 Å². The first kappa shape index (κ1) is 12.9. The zero-order chi connectivity index (χ0) is 13.1. The molecule has 1 unspecified atom stereocenters. The van der Waals surface area contributed by atoms with E-state index < -0.39 is 0 Å². The van der Waals surface area contributed by atoms with Gasteiger partial charge in [0.15, 0.2) is 0 Å². The zero-order valence-electron chi connectivity index (χ0n) is 11.0. The molecule has 1 atom stereocenters. The average molecular weight is 247 g/mol. The summed E-state index contributed by atoms with van der Waals surface area (Å²) >= 11 is 0. The highest BCUT2D eigenvalue weighted by molar-refractivity contribution is 5.94. The van der Waals surface area contributed by atoms with Crippen molar-refractivity contribution in [2.75, 3.05) is 18.1 Å². The van der Waals surface area contributed by atoms with Crippen LogP contribution in [0.4, 0.5) is 11.4 Å². The van der Waals surface area contributed by atoms with Gasteiger partial charge in [-0.05, 0) is 51.1 Å². The van der Waals surface area contributed by atoms with Gasteiger partial charge in [-0.1, -0.05) is 6.42 Å². The third kappa shape index (κ3) is 2.82. The molecule has 1 aromatic carbocycles. The fourth-order valence-electron chi connectivity index (χ4n) is 2.11. The second kappa shape index (κ2) is 5.40. The number of benzene rings is 1. The monoisotopic (exact) mass is 247 g/mol. The summed E-state index contributed by atoms with van der Waals surface area (Å²) in [6.45, 7) is 1.95. The number of carbonyl (C=O) groups is 1. The summed E-state index contributed by atoms with van der Waals surface area (Å²) in [5.41, 5.74) is 7.11. The second-order valence-corrected chi connectivity index (χ2v) is 5.04. The molecule has 1 amide bonds. The van der Waals surface area contributed by atoms with Crippen LogP contribution in [0.25, 0.3) is 0 Å². The molecule has 98 valence electrons. The van der Waals surface area contributed by atoms with Gasteiger partial charge in [0, 0.05) is 17.4 Å². The molecule has 18 heavy (non-hydrogen) atoms. The molecule has 3 N–H and O–H groups in total. The van der Waals surface area contributed by atoms with Crippen molar-refractivity contribution < 1.29 is 4.79 Å². The van der Waals surface area contributed by atoms with Crippen molar-refractivity contribution in [1.29, 1.82) is 0 Å². The highest BCUT2D eigenvalue weighted by atomic mass is 16.2. The van der Waals surface area contributed by atoms with Crippen LogP contribution in [0.3, 0.4) is 0 Å². The van der Waals surface area contributed by atoms with Crippen LogP contribution < -0.4 is 11.1 Å². The Kier molecular flexibility index (Phi) is 3.87. The lowest BCUT2D eigenvalue weighted by atomic mass is 9.91. The van der Waals surface area contributed by atoms with Crippen LogP contribution in [-0.2, 0) is 4.79 Å². The predicted octanol–water partition coefficient (Wildman–Crippen LogP) is 2.08. The Morgan fingerprint density at radius 1 is 1.39 bits per heavy atom. The highest BCUT2D eigenvalue weighted by Crippen LogP contribution is 2.25. The van der Waals surface area contributed by atoms with Gasteiger partial charge >= 0.3 is 0 Å². The molecule has 1 fully saturated rings. The Balaban J connectivity index is 1.92. The Morgan fingerprint density at radius 2 is 2.00 bits per heavy atom. The van der Waals surface area contributed by atoms with Gasteiger partial charge in [-0.15, -0.1) is 0 Å². The fourth-order valence-corrected chi connectivity index (χ4v) is 2.11. The van der Waals surface area contributed by atoms with Crippen molar-refractivity contribution in [2.24, 2.45) is 0 Å². The standard InChI is InChI=1S/C14H21N3O/c1-10(17(2)13-4-3-5-13)14(18)16-12-8-6-11(15)7-9-12/h6-10,13H,3-5,15H2,1-2H3,(H,16,18). The van der Waals surface area contributed by atoms with Gasteiger partial charge in [-0.2, -0.15) is 0 Å². The summed E-state index contributed by atoms with van der Waals surface area (Å²) in [7, 11) is 2.02. The van der Waals surface area contributed by atoms with Crippen molar-refractivity contribution in [3.05, 3.63) is 24.3 Å². The van der Waals surface area contributed by atoms with E-state index in [0.29, 0.717) is 11.7 Å². The Labute approximate surface area is 108 Å². The van der Waals surface area contributed by atoms with E-state index in [4.69, 9.17) is 5.73 Å². The molecular weight excluding hydrogens is 226 g/mol. The Bertz CT molecular complexity index is 412. The summed E-state index contributed by atoms with van der Waals surface area (Å²) in [6.07, 6.45) is 3.69. The molecular formula is C14H21N3O. The van der Waals surface area contributed by atoms with E-state index in [0.717, 1.165) is 5.69 Å². The molecule has 0 spiro atoms. The molecule has 0 aliphatic heterocycles. The molecule has 1 aliphatic carbocycles. The van der Waals surface area contributed by atoms with E-state index in [9.17, 15) is 4.79 Å². The van der Waals surface area contributed by atoms with E-state index in [2.05, 4.69) is 10.2 Å². The van der Waals surface area contributed by atoms with Gasteiger partial charge in [-0.25, -0.2) is 0 Å². The third-order valence-electron chi connectivity index (χ3n) is 3.82. The first-order valence-corrected chi connectivity index (χ1v) is 6.46. The van der Waals surface area contributed by atoms with Crippen molar-refractivity contribution >= 4 is 17.3 Å². The molecule has 0 radical (unpaired) electrons. The minimum absolute atomic E-state index is 0.0363. The van der Waals surface area contributed by atoms with Crippen LogP contribution in [0.15, 0.2) is 24.3 Å². The molecule has 0 aromatic heterocycles. The lowest BCUT2D eigenvalue weighted by Crippen LogP contribution is -2.47. The number of hydrogen-bond donors (Lipinski definition) is 2. The van der Waals surface area contributed by atoms with Gasteiger partial charge < -0.3 is 11.1 Å². The topological polar surface area (TPSA) is 58.4 Å². The number of hydrogen-bond acceptors (Lipinski definition) is 3. The van der Waals surface area contributed by atoms with Gasteiger partial charge in [0.2, 0.25) is 5.91 Å². The van der Waals surface area contributed by atoms with Gasteiger partial charge in [-0.3, -0.25) is 9.69 Å². The summed E-state index contributed by atoms with van der Waals surface area (Å²) in [5, 5.41) is 2.92. The molecule has 4 nitrogen and oxygen atoms in total. The summed E-state index contributed by atoms with van der Waals surface area (Å²) in [6, 6.07) is 7.68. The number of carbonyl (C=O) groups excluding carboxylic acids is 1. The smallest absolute Gasteiger partial charge is 0.241 e. The van der Waals surface area contributed by atoms with Crippen LogP contribution in [0.2, 0.25) is 0 Å². The number of nitrogens with two attached hydrogens (primary N) is 1. The molecule has 0 saturated heterocycles. The maximum Gasteiger partial charge on any atom is 0.241 e. The van der Waals surface area contributed by atoms with Gasteiger partial charge in [0.25, 0.3) is 0 Å². The third-order valence-corrected chi connectivity index (χ3v) is 3.82. The van der Waals surface area contributed by atoms with Gasteiger partial charge in [0.05, 0.1) is 6.04 Å². The molecule has 1 saturated carbocycles. The second-order valence-electron chi connectivity index (χ2n) is 5.04. The first-order chi connectivity index (χ1) is 8.58. The molecule has 1 aromatic rings. The molecule has 1 aliphatic rings. The Hall–Kier alpha value is -1.55. The van der Waals surface area contributed by atoms with Crippen LogP contribution in [-0.4, -0.2) is 29.9 Å². The lowest BCUT2D eigenvalue weighted by molar-refractivity contribution is -0.121. The molecule has 0 heterocycles. The minimum atomic E-state index is -0.104. The lowest BCUT2D eigenvalue weighted by Gasteiger charge is -2.37. The fraction of sp³-hybridized carbons (Fsp3) is 0.500. The maximum atomic E-state index is 12.1. The Morgan fingerprint density at radius 3 is 2.50 bits per heavy atom. The summed E-state index contributed by atoms with van der Waals surface area (Å²) in [5.74, 6) is 0.0363. The van der Waals surface area contributed by atoms with Crippen LogP contribution >= 0.6 is 0 Å². The molecule has 4 heteroatoms. The average Bonchev–Trinajstić information content (AvgIpc) is 2.28. The largest absolute Gasteiger partial charge is 0.399 e. The van der Waals surface area contributed by atoms with Gasteiger partial charge in [0.1, 0.15) is 0 Å². The summed E-state index contributed by atoms with van der Waals surface area (Å²) < 4.78 is 0. The van der Waals surface area contributed by atoms with E-state index in [1.54, 1.807) is 12.1 Å². The van der Waals surface area contributed by atoms with Crippen LogP contribution in [0, 0.1) is 0 Å². The van der Waals surface area contributed by atoms with Crippen LogP contribution in [0.5, 0.6) is 0 Å². The van der Waals surface area contributed by atoms with E-state index >= 15 is 0 Å². The number of amides is 1. The van der Waals surface area contributed by atoms with E-state index in [1.807, 2.05) is 26.1 Å². The normalized spacial score (nSPS) is 17.3. The zero-order valence-corrected chi connectivity index (χ0v) is 11.0. The molecule has 2 rings (SSSR count). The van der Waals surface area contributed by atoms with E-state index in [1.165, 1.54) is 19.3 Å². The van der Waals surface area contributed by atoms with Crippen molar-refractivity contribution in [2.45, 2.75) is 38.3 Å². The number of likely N-dealkylation sites (N-methyl/N-ethyl adjacent to an activating group) is 1. The highest BCUT2D eigenvalue weighted by Gasteiger charge is 2.28. The number of nitrogens with one attached hydrogen (secondary N) is 1. The predicted molar refractivity (Wildman–Crippen MR) is 74.3 cm³/mol. The summed E-state index contributed by atoms with van der Waals surface area (Å²) in [4.78, 5) is 14.3. The quantitative estimate of drug-likeness (QED) is 0.801. The van der Waals surface area contributed by atoms with Crippen molar-refractivity contribution in [1.82, 2.24) is 4.90 Å². The number of anilines is 2. The molecule has 0 bridgehead atoms. The van der Waals surface area contributed by atoms with Crippen LogP contribution in [0.1, 0.15) is 26.2 Å². The SMILES string of the molecule is CC(C(=O)Nc1ccc(N)cc1)N(C)C1CCC1. The van der Waals surface area contributed by atoms with Crippen molar-refractivity contribution in [3.8, 4) is 0 Å². The minimum Gasteiger partial charge on any atom is -0.399 e. The number of nitrogens with zero attached hydrogens (tertiary/aromatic N) is 1. The number of rotatable bonds is 4. The number of nitrogen functional groups attached to an aromatic ring is 1. The maximum absolute atomic E-state index is 12.1.